The molecule has 1 aromatic carbocycles. The molecule has 1 atom stereocenters. The first-order chi connectivity index (χ1) is 11.4. The second-order valence-corrected chi connectivity index (χ2v) is 7.12. The molecule has 0 unspecified atom stereocenters. The largest absolute Gasteiger partial charge is 0.353 e. The molecule has 5 nitrogen and oxygen atoms in total. The maximum absolute atomic E-state index is 12.1. The summed E-state index contributed by atoms with van der Waals surface area (Å²) in [6.07, 6.45) is 0. The van der Waals surface area contributed by atoms with Crippen molar-refractivity contribution in [3.63, 3.8) is 0 Å². The van der Waals surface area contributed by atoms with Gasteiger partial charge in [0.2, 0.25) is 5.91 Å². The van der Waals surface area contributed by atoms with E-state index < -0.39 is 0 Å². The number of aryl methyl sites for hydroxylation is 2. The Morgan fingerprint density at radius 2 is 1.96 bits per heavy atom. The van der Waals surface area contributed by atoms with Gasteiger partial charge in [0.15, 0.2) is 5.78 Å². The highest BCUT2D eigenvalue weighted by Gasteiger charge is 2.34. The van der Waals surface area contributed by atoms with Gasteiger partial charge in [-0.05, 0) is 49.9 Å². The number of hydrogen-bond donors (Lipinski definition) is 1. The molecule has 2 saturated heterocycles. The van der Waals surface area contributed by atoms with Crippen LogP contribution < -0.4 is 5.32 Å². The van der Waals surface area contributed by atoms with Gasteiger partial charge in [-0.1, -0.05) is 6.07 Å². The molecule has 24 heavy (non-hydrogen) atoms. The molecule has 1 amide bonds. The number of ketones is 1. The van der Waals surface area contributed by atoms with Crippen LogP contribution in [-0.2, 0) is 11.3 Å². The molecule has 0 bridgehead atoms. The van der Waals surface area contributed by atoms with Crippen molar-refractivity contribution in [1.29, 1.82) is 0 Å². The quantitative estimate of drug-likeness (QED) is 0.853. The van der Waals surface area contributed by atoms with Crippen molar-refractivity contribution in [2.45, 2.75) is 40.3 Å². The van der Waals surface area contributed by atoms with Crippen LogP contribution >= 0.6 is 0 Å². The molecule has 2 heterocycles. The SMILES string of the molecule is CC(=O)c1c(C)cc(C)c(CN2CCN3CCNC(=O)[C@@H]3C2)c1C. The lowest BCUT2D eigenvalue weighted by atomic mass is 9.91. The van der Waals surface area contributed by atoms with Gasteiger partial charge in [0.05, 0.1) is 0 Å². The first-order valence-electron chi connectivity index (χ1n) is 8.73. The van der Waals surface area contributed by atoms with Gasteiger partial charge in [-0.3, -0.25) is 19.4 Å². The second-order valence-electron chi connectivity index (χ2n) is 7.12. The molecule has 1 aromatic rings. The number of rotatable bonds is 3. The number of amides is 1. The molecule has 0 spiro atoms. The number of piperazine rings is 2. The van der Waals surface area contributed by atoms with Crippen LogP contribution in [0.15, 0.2) is 6.07 Å². The maximum Gasteiger partial charge on any atom is 0.238 e. The first kappa shape index (κ1) is 17.1. The van der Waals surface area contributed by atoms with Crippen molar-refractivity contribution in [3.8, 4) is 0 Å². The smallest absolute Gasteiger partial charge is 0.238 e. The number of Topliss-reactive ketones (excluding diaryl/α,β-unsaturated/α-hetero) is 1. The summed E-state index contributed by atoms with van der Waals surface area (Å²) in [5.74, 6) is 0.274. The lowest BCUT2D eigenvalue weighted by Crippen LogP contribution is -2.63. The van der Waals surface area contributed by atoms with Crippen LogP contribution in [0.5, 0.6) is 0 Å². The standard InChI is InChI=1S/C19H27N3O2/c1-12-9-13(2)18(15(4)23)14(3)16(12)10-21-7-8-22-6-5-20-19(24)17(22)11-21/h9,17H,5-8,10-11H2,1-4H3,(H,20,24)/t17-/m0/s1. The van der Waals surface area contributed by atoms with Gasteiger partial charge in [-0.2, -0.15) is 0 Å². The van der Waals surface area contributed by atoms with E-state index in [1.54, 1.807) is 6.92 Å². The topological polar surface area (TPSA) is 52.7 Å². The van der Waals surface area contributed by atoms with Gasteiger partial charge in [-0.15, -0.1) is 0 Å². The molecular formula is C19H27N3O2. The number of nitrogens with one attached hydrogen (secondary N) is 1. The van der Waals surface area contributed by atoms with E-state index in [1.165, 1.54) is 11.1 Å². The highest BCUT2D eigenvalue weighted by atomic mass is 16.2. The number of nitrogens with zero attached hydrogens (tertiary/aromatic N) is 2. The summed E-state index contributed by atoms with van der Waals surface area (Å²) in [6, 6.07) is 2.08. The van der Waals surface area contributed by atoms with Crippen LogP contribution in [0.3, 0.4) is 0 Å². The van der Waals surface area contributed by atoms with E-state index in [1.807, 2.05) is 6.92 Å². The molecule has 3 rings (SSSR count). The maximum atomic E-state index is 12.1. The Bertz CT molecular complexity index is 684. The normalized spacial score (nSPS) is 22.2. The van der Waals surface area contributed by atoms with E-state index in [-0.39, 0.29) is 17.7 Å². The molecule has 2 fully saturated rings. The average molecular weight is 329 g/mol. The molecule has 2 aliphatic rings. The highest BCUT2D eigenvalue weighted by molar-refractivity contribution is 5.97. The minimum absolute atomic E-state index is 0.0363. The fraction of sp³-hybridized carbons (Fsp3) is 0.579. The van der Waals surface area contributed by atoms with Crippen molar-refractivity contribution in [2.75, 3.05) is 32.7 Å². The van der Waals surface area contributed by atoms with E-state index in [2.05, 4.69) is 35.0 Å². The van der Waals surface area contributed by atoms with Crippen LogP contribution in [-0.4, -0.2) is 60.3 Å². The Balaban J connectivity index is 1.83. The van der Waals surface area contributed by atoms with Crippen LogP contribution in [0.4, 0.5) is 0 Å². The van der Waals surface area contributed by atoms with Crippen molar-refractivity contribution in [2.24, 2.45) is 0 Å². The van der Waals surface area contributed by atoms with E-state index in [0.717, 1.165) is 56.0 Å². The van der Waals surface area contributed by atoms with Crippen molar-refractivity contribution < 1.29 is 9.59 Å². The van der Waals surface area contributed by atoms with Crippen LogP contribution in [0.1, 0.15) is 39.5 Å². The van der Waals surface area contributed by atoms with Crippen LogP contribution in [0.25, 0.3) is 0 Å². The van der Waals surface area contributed by atoms with Gasteiger partial charge >= 0.3 is 0 Å². The lowest BCUT2D eigenvalue weighted by molar-refractivity contribution is -0.131. The third-order valence-electron chi connectivity index (χ3n) is 5.44. The zero-order valence-electron chi connectivity index (χ0n) is 15.1. The van der Waals surface area contributed by atoms with Crippen molar-refractivity contribution in [3.05, 3.63) is 33.9 Å². The lowest BCUT2D eigenvalue weighted by Gasteiger charge is -2.43. The van der Waals surface area contributed by atoms with Gasteiger partial charge in [-0.25, -0.2) is 0 Å². The summed E-state index contributed by atoms with van der Waals surface area (Å²) in [5.41, 5.74) is 5.46. The van der Waals surface area contributed by atoms with Crippen molar-refractivity contribution >= 4 is 11.7 Å². The predicted molar refractivity (Wildman–Crippen MR) is 94.3 cm³/mol. The fourth-order valence-electron chi connectivity index (χ4n) is 4.21. The third-order valence-corrected chi connectivity index (χ3v) is 5.44. The summed E-state index contributed by atoms with van der Waals surface area (Å²) in [7, 11) is 0. The molecule has 0 aromatic heterocycles. The minimum Gasteiger partial charge on any atom is -0.353 e. The Morgan fingerprint density at radius 1 is 1.21 bits per heavy atom. The monoisotopic (exact) mass is 329 g/mol. The number of hydrogen-bond acceptors (Lipinski definition) is 4. The summed E-state index contributed by atoms with van der Waals surface area (Å²) in [6.45, 7) is 13.0. The van der Waals surface area contributed by atoms with Crippen molar-refractivity contribution in [1.82, 2.24) is 15.1 Å². The summed E-state index contributed by atoms with van der Waals surface area (Å²) < 4.78 is 0. The average Bonchev–Trinajstić information content (AvgIpc) is 2.51. The minimum atomic E-state index is -0.0363. The molecule has 0 aliphatic carbocycles. The number of fused-ring (bicyclic) bond motifs is 1. The second kappa shape index (κ2) is 6.65. The molecule has 0 radical (unpaired) electrons. The molecule has 5 heteroatoms. The molecule has 1 N–H and O–H groups in total. The Hall–Kier alpha value is -1.72. The third kappa shape index (κ3) is 3.10. The fourth-order valence-corrected chi connectivity index (χ4v) is 4.21. The Labute approximate surface area is 144 Å². The molecular weight excluding hydrogens is 302 g/mol. The van der Waals surface area contributed by atoms with Gasteiger partial charge in [0.25, 0.3) is 0 Å². The molecule has 130 valence electrons. The Morgan fingerprint density at radius 3 is 2.67 bits per heavy atom. The first-order valence-corrected chi connectivity index (χ1v) is 8.73. The molecule has 0 saturated carbocycles. The number of benzene rings is 1. The Kier molecular flexibility index (Phi) is 4.74. The highest BCUT2D eigenvalue weighted by Crippen LogP contribution is 2.25. The summed E-state index contributed by atoms with van der Waals surface area (Å²) in [4.78, 5) is 28.8. The zero-order valence-corrected chi connectivity index (χ0v) is 15.1. The van der Waals surface area contributed by atoms with E-state index >= 15 is 0 Å². The van der Waals surface area contributed by atoms with E-state index in [9.17, 15) is 9.59 Å². The zero-order chi connectivity index (χ0) is 17.4. The van der Waals surface area contributed by atoms with Gasteiger partial charge in [0, 0.05) is 44.8 Å². The summed E-state index contributed by atoms with van der Waals surface area (Å²) in [5, 5.41) is 2.97. The summed E-state index contributed by atoms with van der Waals surface area (Å²) >= 11 is 0. The number of carbonyl (C=O) groups excluding carboxylic acids is 2. The van der Waals surface area contributed by atoms with Crippen LogP contribution in [0, 0.1) is 20.8 Å². The van der Waals surface area contributed by atoms with Gasteiger partial charge in [0.1, 0.15) is 6.04 Å². The van der Waals surface area contributed by atoms with Crippen LogP contribution in [0.2, 0.25) is 0 Å². The van der Waals surface area contributed by atoms with Gasteiger partial charge < -0.3 is 5.32 Å². The van der Waals surface area contributed by atoms with E-state index in [0.29, 0.717) is 0 Å². The van der Waals surface area contributed by atoms with E-state index in [4.69, 9.17) is 0 Å². The number of carbonyl (C=O) groups is 2. The molecule has 2 aliphatic heterocycles. The predicted octanol–water partition coefficient (Wildman–Crippen LogP) is 1.43.